The predicted molar refractivity (Wildman–Crippen MR) is 72.1 cm³/mol. The molecule has 0 unspecified atom stereocenters. The number of carbonyl (C=O) groups is 1. The van der Waals surface area contributed by atoms with Crippen LogP contribution in [0.4, 0.5) is 11.4 Å². The Bertz CT molecular complexity index is 535. The number of carbonyl (C=O) groups excluding carboxylic acids is 1. The minimum absolute atomic E-state index is 0.0156. The predicted octanol–water partition coefficient (Wildman–Crippen LogP) is 1.79. The maximum Gasteiger partial charge on any atom is 0.337 e. The summed E-state index contributed by atoms with van der Waals surface area (Å²) in [5.41, 5.74) is 7.85. The maximum atomic E-state index is 11.5. The van der Waals surface area contributed by atoms with Crippen LogP contribution in [0.25, 0.3) is 0 Å². The summed E-state index contributed by atoms with van der Waals surface area (Å²) < 4.78 is 10.5. The van der Waals surface area contributed by atoms with E-state index in [1.807, 2.05) is 0 Å². The van der Waals surface area contributed by atoms with E-state index in [1.54, 1.807) is 18.2 Å². The Morgan fingerprint density at radius 1 is 1.47 bits per heavy atom. The molecule has 1 saturated carbocycles. The van der Waals surface area contributed by atoms with Gasteiger partial charge in [-0.3, -0.25) is 0 Å². The van der Waals surface area contributed by atoms with E-state index < -0.39 is 0 Å². The molecule has 2 heterocycles. The topological polar surface area (TPSA) is 73.6 Å². The zero-order chi connectivity index (χ0) is 13.7. The minimum Gasteiger partial charge on any atom is -0.465 e. The highest BCUT2D eigenvalue weighted by molar-refractivity contribution is 5.92. The molecule has 4 rings (SSSR count). The number of anilines is 2. The van der Waals surface area contributed by atoms with Crippen LogP contribution in [-0.2, 0) is 9.47 Å². The zero-order valence-corrected chi connectivity index (χ0v) is 11.2. The van der Waals surface area contributed by atoms with Crippen molar-refractivity contribution in [2.24, 2.45) is 0 Å². The molecule has 1 aliphatic carbocycles. The van der Waals surface area contributed by atoms with E-state index >= 15 is 0 Å². The molecule has 3 N–H and O–H groups in total. The van der Waals surface area contributed by atoms with Crippen LogP contribution in [0.5, 0.6) is 0 Å². The van der Waals surface area contributed by atoms with Crippen molar-refractivity contribution in [3.05, 3.63) is 23.8 Å². The highest BCUT2D eigenvalue weighted by Gasteiger charge is 2.60. The van der Waals surface area contributed by atoms with Crippen LogP contribution in [-0.4, -0.2) is 30.8 Å². The number of fused-ring (bicyclic) bond motifs is 1. The Morgan fingerprint density at radius 2 is 2.21 bits per heavy atom. The summed E-state index contributed by atoms with van der Waals surface area (Å²) in [6, 6.07) is 5.13. The summed E-state index contributed by atoms with van der Waals surface area (Å²) in [6.07, 6.45) is 1.95. The Kier molecular flexibility index (Phi) is 2.50. The van der Waals surface area contributed by atoms with Crippen molar-refractivity contribution >= 4 is 17.3 Å². The lowest BCUT2D eigenvalue weighted by molar-refractivity contribution is 0.0188. The first-order valence-corrected chi connectivity index (χ1v) is 6.35. The van der Waals surface area contributed by atoms with Gasteiger partial charge in [0.05, 0.1) is 41.8 Å². The zero-order valence-electron chi connectivity index (χ0n) is 11.2. The lowest BCUT2D eigenvalue weighted by Crippen LogP contribution is -2.52. The minimum atomic E-state index is -0.360. The highest BCUT2D eigenvalue weighted by Crippen LogP contribution is 2.53. The molecular weight excluding hydrogens is 244 g/mol. The van der Waals surface area contributed by atoms with Crippen molar-refractivity contribution in [1.29, 1.82) is 0 Å². The van der Waals surface area contributed by atoms with Crippen molar-refractivity contribution in [2.45, 2.75) is 30.9 Å². The third-order valence-electron chi connectivity index (χ3n) is 4.00. The molecule has 19 heavy (non-hydrogen) atoms. The fourth-order valence-corrected chi connectivity index (χ4v) is 3.22. The van der Waals surface area contributed by atoms with Crippen LogP contribution < -0.4 is 11.1 Å². The molecule has 2 saturated heterocycles. The van der Waals surface area contributed by atoms with Gasteiger partial charge < -0.3 is 20.5 Å². The summed E-state index contributed by atoms with van der Waals surface area (Å²) in [5.74, 6) is -0.360. The van der Waals surface area contributed by atoms with Crippen LogP contribution in [0.2, 0.25) is 0 Å². The van der Waals surface area contributed by atoms with Crippen LogP contribution in [0.1, 0.15) is 30.1 Å². The molecular formula is C14H18N2O3. The van der Waals surface area contributed by atoms with Crippen molar-refractivity contribution in [2.75, 3.05) is 24.8 Å². The van der Waals surface area contributed by atoms with E-state index in [9.17, 15) is 4.79 Å². The molecule has 5 nitrogen and oxygen atoms in total. The molecule has 2 bridgehead atoms. The average molecular weight is 262 g/mol. The van der Waals surface area contributed by atoms with Gasteiger partial charge in [0.15, 0.2) is 0 Å². The number of benzene rings is 1. The second-order valence-electron chi connectivity index (χ2n) is 5.79. The van der Waals surface area contributed by atoms with Crippen molar-refractivity contribution in [1.82, 2.24) is 0 Å². The number of nitrogen functional groups attached to an aromatic ring is 1. The normalized spacial score (nSPS) is 31.7. The highest BCUT2D eigenvalue weighted by atomic mass is 16.5. The molecule has 0 aromatic heterocycles. The first-order valence-electron chi connectivity index (χ1n) is 6.35. The molecule has 2 aliphatic heterocycles. The maximum absolute atomic E-state index is 11.5. The first kappa shape index (κ1) is 12.3. The van der Waals surface area contributed by atoms with Crippen LogP contribution in [0.3, 0.4) is 0 Å². The molecule has 3 aliphatic rings. The molecule has 5 heteroatoms. The van der Waals surface area contributed by atoms with Gasteiger partial charge in [0.25, 0.3) is 0 Å². The lowest BCUT2D eigenvalue weighted by Gasteiger charge is -2.43. The van der Waals surface area contributed by atoms with E-state index in [2.05, 4.69) is 12.2 Å². The van der Waals surface area contributed by atoms with E-state index in [4.69, 9.17) is 15.2 Å². The number of esters is 1. The number of hydrogen-bond acceptors (Lipinski definition) is 5. The van der Waals surface area contributed by atoms with E-state index in [-0.39, 0.29) is 17.1 Å². The molecule has 1 aromatic carbocycles. The summed E-state index contributed by atoms with van der Waals surface area (Å²) in [6.45, 7) is 2.81. The summed E-state index contributed by atoms with van der Waals surface area (Å²) in [5, 5.41) is 3.44. The fraction of sp³-hybridized carbons (Fsp3) is 0.500. The van der Waals surface area contributed by atoms with Gasteiger partial charge in [0.2, 0.25) is 0 Å². The number of hydrogen-bond donors (Lipinski definition) is 2. The number of nitrogens with one attached hydrogen (secondary N) is 1. The van der Waals surface area contributed by atoms with Gasteiger partial charge in [-0.2, -0.15) is 0 Å². The molecule has 3 fully saturated rings. The summed E-state index contributed by atoms with van der Waals surface area (Å²) >= 11 is 0. The number of nitrogens with two attached hydrogens (primary N) is 1. The van der Waals surface area contributed by atoms with Gasteiger partial charge in [-0.05, 0) is 25.1 Å². The van der Waals surface area contributed by atoms with E-state index in [1.165, 1.54) is 7.11 Å². The van der Waals surface area contributed by atoms with Gasteiger partial charge in [0, 0.05) is 12.8 Å². The largest absolute Gasteiger partial charge is 0.465 e. The SMILES string of the molecule is COC(=O)c1ccc(N)c(NC23COC(C)(C2)C3)c1. The molecule has 0 spiro atoms. The fourth-order valence-electron chi connectivity index (χ4n) is 3.22. The molecule has 102 valence electrons. The lowest BCUT2D eigenvalue weighted by atomic mass is 9.69. The first-order chi connectivity index (χ1) is 8.95. The monoisotopic (exact) mass is 262 g/mol. The second-order valence-corrected chi connectivity index (χ2v) is 5.79. The summed E-state index contributed by atoms with van der Waals surface area (Å²) in [7, 11) is 1.37. The number of rotatable bonds is 3. The van der Waals surface area contributed by atoms with Crippen LogP contribution >= 0.6 is 0 Å². The Hall–Kier alpha value is -1.75. The molecule has 0 atom stereocenters. The van der Waals surface area contributed by atoms with Crippen molar-refractivity contribution < 1.29 is 14.3 Å². The third kappa shape index (κ3) is 1.94. The van der Waals surface area contributed by atoms with E-state index in [0.29, 0.717) is 17.9 Å². The van der Waals surface area contributed by atoms with Gasteiger partial charge >= 0.3 is 5.97 Å². The van der Waals surface area contributed by atoms with Crippen LogP contribution in [0.15, 0.2) is 18.2 Å². The Morgan fingerprint density at radius 3 is 2.79 bits per heavy atom. The Balaban J connectivity index is 1.83. The summed E-state index contributed by atoms with van der Waals surface area (Å²) in [4.78, 5) is 11.5. The van der Waals surface area contributed by atoms with E-state index in [0.717, 1.165) is 18.5 Å². The third-order valence-corrected chi connectivity index (χ3v) is 4.00. The quantitative estimate of drug-likeness (QED) is 0.641. The van der Waals surface area contributed by atoms with Crippen molar-refractivity contribution in [3.8, 4) is 0 Å². The second kappa shape index (κ2) is 3.87. The standard InChI is InChI=1S/C14H18N2O3/c1-13-6-14(7-13,8-19-13)16-11-5-9(12(17)18-2)3-4-10(11)15/h3-5,16H,6-8,15H2,1-2H3. The number of ether oxygens (including phenoxy) is 2. The molecule has 0 amide bonds. The number of methoxy groups -OCH3 is 1. The van der Waals surface area contributed by atoms with Crippen molar-refractivity contribution in [3.63, 3.8) is 0 Å². The average Bonchev–Trinajstić information content (AvgIpc) is 2.84. The Labute approximate surface area is 112 Å². The van der Waals surface area contributed by atoms with Crippen LogP contribution in [0, 0.1) is 0 Å². The molecule has 0 radical (unpaired) electrons. The van der Waals surface area contributed by atoms with Gasteiger partial charge in [0.1, 0.15) is 0 Å². The van der Waals surface area contributed by atoms with Gasteiger partial charge in [-0.15, -0.1) is 0 Å². The van der Waals surface area contributed by atoms with Gasteiger partial charge in [-0.25, -0.2) is 4.79 Å². The smallest absolute Gasteiger partial charge is 0.337 e. The molecule has 1 aromatic rings. The van der Waals surface area contributed by atoms with Gasteiger partial charge in [-0.1, -0.05) is 0 Å².